The molecule has 2 aliphatic rings. The number of hydrogen-bond acceptors (Lipinski definition) is 6. The van der Waals surface area contributed by atoms with E-state index in [0.29, 0.717) is 12.7 Å². The number of likely N-dealkylation sites (tertiary alicyclic amines) is 1. The molecule has 1 N–H and O–H groups in total. The second kappa shape index (κ2) is 9.60. The van der Waals surface area contributed by atoms with Crippen molar-refractivity contribution in [3.8, 4) is 11.5 Å². The highest BCUT2D eigenvalue weighted by Crippen LogP contribution is 2.32. The molecule has 1 aromatic heterocycles. The van der Waals surface area contributed by atoms with Gasteiger partial charge in [0.25, 0.3) is 0 Å². The highest BCUT2D eigenvalue weighted by molar-refractivity contribution is 5.79. The normalized spacial score (nSPS) is 17.2. The summed E-state index contributed by atoms with van der Waals surface area (Å²) in [4.78, 5) is 13.5. The molecule has 0 aliphatic carbocycles. The van der Waals surface area contributed by atoms with Crippen LogP contribution in [0.4, 0.5) is 0 Å². The van der Waals surface area contributed by atoms with Crippen molar-refractivity contribution in [1.29, 1.82) is 0 Å². The monoisotopic (exact) mass is 427 g/mol. The van der Waals surface area contributed by atoms with Crippen molar-refractivity contribution in [2.75, 3.05) is 40.5 Å². The minimum absolute atomic E-state index is 0.300. The minimum atomic E-state index is 0.300. The standard InChI is InChI=1S/C23H33N5O3/c1-16-17(2)31-22(26-16)14-28-9-7-18(8-10-28)12-25-23(24-3)27(4)13-19-5-6-20-21(11-19)30-15-29-20/h5-6,11,18H,7-10,12-15H2,1-4H3,(H,24,25). The molecule has 1 fully saturated rings. The minimum Gasteiger partial charge on any atom is -0.454 e. The van der Waals surface area contributed by atoms with Crippen LogP contribution in [0.2, 0.25) is 0 Å². The van der Waals surface area contributed by atoms with Gasteiger partial charge in [0.1, 0.15) is 5.76 Å². The van der Waals surface area contributed by atoms with Gasteiger partial charge in [0.15, 0.2) is 17.5 Å². The molecule has 2 aliphatic heterocycles. The highest BCUT2D eigenvalue weighted by atomic mass is 16.7. The summed E-state index contributed by atoms with van der Waals surface area (Å²) < 4.78 is 16.6. The molecule has 0 unspecified atom stereocenters. The van der Waals surface area contributed by atoms with Crippen LogP contribution in [0, 0.1) is 19.8 Å². The van der Waals surface area contributed by atoms with Gasteiger partial charge >= 0.3 is 0 Å². The first-order valence-corrected chi connectivity index (χ1v) is 11.0. The number of aliphatic imine (C=N–C) groups is 1. The average Bonchev–Trinajstić information content (AvgIpc) is 3.35. The van der Waals surface area contributed by atoms with E-state index in [0.717, 1.165) is 80.4 Å². The number of benzene rings is 1. The molecule has 8 nitrogen and oxygen atoms in total. The van der Waals surface area contributed by atoms with Gasteiger partial charge in [-0.05, 0) is 63.4 Å². The smallest absolute Gasteiger partial charge is 0.231 e. The molecule has 31 heavy (non-hydrogen) atoms. The number of fused-ring (bicyclic) bond motifs is 1. The third-order valence-corrected chi connectivity index (χ3v) is 6.12. The number of oxazole rings is 1. The molecule has 1 aromatic carbocycles. The number of piperidine rings is 1. The fraction of sp³-hybridized carbons (Fsp3) is 0.565. The fourth-order valence-corrected chi connectivity index (χ4v) is 4.16. The van der Waals surface area contributed by atoms with Crippen LogP contribution in [-0.2, 0) is 13.1 Å². The van der Waals surface area contributed by atoms with Gasteiger partial charge in [-0.3, -0.25) is 9.89 Å². The van der Waals surface area contributed by atoms with E-state index in [-0.39, 0.29) is 0 Å². The van der Waals surface area contributed by atoms with Crippen LogP contribution in [0.3, 0.4) is 0 Å². The maximum Gasteiger partial charge on any atom is 0.231 e. The topological polar surface area (TPSA) is 75.4 Å². The van der Waals surface area contributed by atoms with E-state index in [1.54, 1.807) is 0 Å². The van der Waals surface area contributed by atoms with Crippen LogP contribution in [0.15, 0.2) is 27.6 Å². The summed E-state index contributed by atoms with van der Waals surface area (Å²) in [6.45, 7) is 8.89. The van der Waals surface area contributed by atoms with E-state index in [1.165, 1.54) is 5.56 Å². The van der Waals surface area contributed by atoms with Gasteiger partial charge < -0.3 is 24.1 Å². The largest absolute Gasteiger partial charge is 0.454 e. The van der Waals surface area contributed by atoms with Crippen LogP contribution < -0.4 is 14.8 Å². The van der Waals surface area contributed by atoms with Crippen molar-refractivity contribution in [2.24, 2.45) is 10.9 Å². The first kappa shape index (κ1) is 21.5. The number of aryl methyl sites for hydroxylation is 2. The average molecular weight is 428 g/mol. The molecule has 168 valence electrons. The number of ether oxygens (including phenoxy) is 2. The molecular formula is C23H33N5O3. The molecule has 4 rings (SSSR count). The van der Waals surface area contributed by atoms with Crippen LogP contribution in [0.5, 0.6) is 11.5 Å². The number of guanidine groups is 1. The van der Waals surface area contributed by atoms with Crippen molar-refractivity contribution < 1.29 is 13.9 Å². The highest BCUT2D eigenvalue weighted by Gasteiger charge is 2.22. The zero-order chi connectivity index (χ0) is 21.8. The lowest BCUT2D eigenvalue weighted by Gasteiger charge is -2.32. The Bertz CT molecular complexity index is 898. The second-order valence-electron chi connectivity index (χ2n) is 8.44. The SMILES string of the molecule is CN=C(NCC1CCN(Cc2nc(C)c(C)o2)CC1)N(C)Cc1ccc2c(c1)OCO2. The summed E-state index contributed by atoms with van der Waals surface area (Å²) in [6, 6.07) is 6.08. The Hall–Kier alpha value is -2.74. The fourth-order valence-electron chi connectivity index (χ4n) is 4.16. The molecule has 8 heteroatoms. The number of aromatic nitrogens is 1. The number of hydrogen-bond donors (Lipinski definition) is 1. The summed E-state index contributed by atoms with van der Waals surface area (Å²) in [5.41, 5.74) is 2.16. The summed E-state index contributed by atoms with van der Waals surface area (Å²) in [5.74, 6) is 4.93. The van der Waals surface area contributed by atoms with Crippen LogP contribution >= 0.6 is 0 Å². The Morgan fingerprint density at radius 3 is 2.71 bits per heavy atom. The Labute approximate surface area is 184 Å². The predicted octanol–water partition coefficient (Wildman–Crippen LogP) is 2.94. The summed E-state index contributed by atoms with van der Waals surface area (Å²) in [7, 11) is 3.89. The van der Waals surface area contributed by atoms with Gasteiger partial charge in [-0.1, -0.05) is 6.07 Å². The molecule has 0 bridgehead atoms. The molecule has 0 amide bonds. The first-order chi connectivity index (χ1) is 15.0. The molecule has 0 saturated carbocycles. The van der Waals surface area contributed by atoms with Crippen LogP contribution in [0.25, 0.3) is 0 Å². The number of nitrogens with zero attached hydrogens (tertiary/aromatic N) is 4. The summed E-state index contributed by atoms with van der Waals surface area (Å²) in [5, 5.41) is 3.56. The van der Waals surface area contributed by atoms with Crippen LogP contribution in [0.1, 0.15) is 35.7 Å². The van der Waals surface area contributed by atoms with E-state index in [9.17, 15) is 0 Å². The molecule has 0 spiro atoms. The van der Waals surface area contributed by atoms with Gasteiger partial charge in [-0.15, -0.1) is 0 Å². The van der Waals surface area contributed by atoms with E-state index >= 15 is 0 Å². The number of rotatable bonds is 6. The van der Waals surface area contributed by atoms with Crippen molar-refractivity contribution >= 4 is 5.96 Å². The molecule has 0 atom stereocenters. The Kier molecular flexibility index (Phi) is 6.65. The van der Waals surface area contributed by atoms with E-state index in [1.807, 2.05) is 33.0 Å². The zero-order valence-corrected chi connectivity index (χ0v) is 19.0. The lowest BCUT2D eigenvalue weighted by molar-refractivity contribution is 0.163. The quantitative estimate of drug-likeness (QED) is 0.561. The van der Waals surface area contributed by atoms with Crippen LogP contribution in [-0.4, -0.2) is 61.3 Å². The summed E-state index contributed by atoms with van der Waals surface area (Å²) >= 11 is 0. The lowest BCUT2D eigenvalue weighted by Crippen LogP contribution is -2.43. The molecule has 3 heterocycles. The summed E-state index contributed by atoms with van der Waals surface area (Å²) in [6.07, 6.45) is 2.32. The van der Waals surface area contributed by atoms with Crippen molar-refractivity contribution in [2.45, 2.75) is 39.8 Å². The van der Waals surface area contributed by atoms with E-state index in [2.05, 4.69) is 38.2 Å². The number of nitrogens with one attached hydrogen (secondary N) is 1. The molecule has 1 saturated heterocycles. The van der Waals surface area contributed by atoms with E-state index in [4.69, 9.17) is 13.9 Å². The van der Waals surface area contributed by atoms with Crippen molar-refractivity contribution in [1.82, 2.24) is 20.1 Å². The molecular weight excluding hydrogens is 394 g/mol. The Balaban J connectivity index is 1.22. The molecule has 2 aromatic rings. The predicted molar refractivity (Wildman–Crippen MR) is 119 cm³/mol. The van der Waals surface area contributed by atoms with Gasteiger partial charge in [0, 0.05) is 27.2 Å². The van der Waals surface area contributed by atoms with E-state index < -0.39 is 0 Å². The Morgan fingerprint density at radius 2 is 2.00 bits per heavy atom. The second-order valence-corrected chi connectivity index (χ2v) is 8.44. The zero-order valence-electron chi connectivity index (χ0n) is 19.0. The van der Waals surface area contributed by atoms with Gasteiger partial charge in [-0.2, -0.15) is 0 Å². The van der Waals surface area contributed by atoms with Crippen molar-refractivity contribution in [3.63, 3.8) is 0 Å². The maximum absolute atomic E-state index is 5.74. The third-order valence-electron chi connectivity index (χ3n) is 6.12. The van der Waals surface area contributed by atoms with Gasteiger partial charge in [-0.25, -0.2) is 4.98 Å². The first-order valence-electron chi connectivity index (χ1n) is 11.0. The molecule has 0 radical (unpaired) electrons. The van der Waals surface area contributed by atoms with Gasteiger partial charge in [0.2, 0.25) is 12.7 Å². The van der Waals surface area contributed by atoms with Crippen molar-refractivity contribution in [3.05, 3.63) is 41.1 Å². The Morgan fingerprint density at radius 1 is 1.23 bits per heavy atom. The third kappa shape index (κ3) is 5.31. The lowest BCUT2D eigenvalue weighted by atomic mass is 9.97. The van der Waals surface area contributed by atoms with Gasteiger partial charge in [0.05, 0.1) is 12.2 Å². The maximum atomic E-state index is 5.74.